The Bertz CT molecular complexity index is 639. The molecule has 0 aliphatic heterocycles. The molecule has 2 aromatic rings. The molecule has 0 spiro atoms. The highest BCUT2D eigenvalue weighted by Crippen LogP contribution is 2.25. The predicted octanol–water partition coefficient (Wildman–Crippen LogP) is 3.08. The SMILES string of the molecule is Cc1ccc(NC(=O)Cc2ccccc2)c([N+](=O)[O-])c1. The van der Waals surface area contributed by atoms with Gasteiger partial charge in [-0.3, -0.25) is 14.9 Å². The summed E-state index contributed by atoms with van der Waals surface area (Å²) in [5, 5.41) is 13.6. The van der Waals surface area contributed by atoms with E-state index in [-0.39, 0.29) is 23.7 Å². The van der Waals surface area contributed by atoms with Crippen LogP contribution in [0.5, 0.6) is 0 Å². The first-order chi connectivity index (χ1) is 9.56. The standard InChI is InChI=1S/C15H14N2O3/c1-11-7-8-13(14(9-11)17(19)20)16-15(18)10-12-5-3-2-4-6-12/h2-9H,10H2,1H3,(H,16,18). The summed E-state index contributed by atoms with van der Waals surface area (Å²) in [6.07, 6.45) is 0.186. The lowest BCUT2D eigenvalue weighted by Crippen LogP contribution is -2.15. The minimum absolute atomic E-state index is 0.0913. The second kappa shape index (κ2) is 5.97. The number of anilines is 1. The van der Waals surface area contributed by atoms with Crippen LogP contribution >= 0.6 is 0 Å². The van der Waals surface area contributed by atoms with Crippen LogP contribution in [0.25, 0.3) is 0 Å². The first kappa shape index (κ1) is 13.7. The van der Waals surface area contributed by atoms with E-state index >= 15 is 0 Å². The van der Waals surface area contributed by atoms with E-state index in [4.69, 9.17) is 0 Å². The summed E-state index contributed by atoms with van der Waals surface area (Å²) in [6, 6.07) is 14.0. The van der Waals surface area contributed by atoms with E-state index in [2.05, 4.69) is 5.32 Å². The lowest BCUT2D eigenvalue weighted by molar-refractivity contribution is -0.384. The zero-order valence-electron chi connectivity index (χ0n) is 11.0. The molecule has 102 valence electrons. The van der Waals surface area contributed by atoms with Crippen LogP contribution in [0, 0.1) is 17.0 Å². The van der Waals surface area contributed by atoms with Crippen molar-refractivity contribution in [2.24, 2.45) is 0 Å². The van der Waals surface area contributed by atoms with E-state index in [0.717, 1.165) is 11.1 Å². The Morgan fingerprint density at radius 1 is 1.20 bits per heavy atom. The number of aryl methyl sites for hydroxylation is 1. The topological polar surface area (TPSA) is 72.2 Å². The zero-order valence-corrected chi connectivity index (χ0v) is 11.0. The van der Waals surface area contributed by atoms with Gasteiger partial charge in [-0.1, -0.05) is 36.4 Å². The van der Waals surface area contributed by atoms with Crippen LogP contribution in [0.4, 0.5) is 11.4 Å². The van der Waals surface area contributed by atoms with Gasteiger partial charge in [0.25, 0.3) is 5.69 Å². The Labute approximate surface area is 116 Å². The number of amides is 1. The summed E-state index contributed by atoms with van der Waals surface area (Å²) in [5.74, 6) is -0.275. The molecule has 1 amide bonds. The van der Waals surface area contributed by atoms with Gasteiger partial charge in [-0.2, -0.15) is 0 Å². The Morgan fingerprint density at radius 3 is 2.55 bits per heavy atom. The maximum absolute atomic E-state index is 11.9. The van der Waals surface area contributed by atoms with Crippen molar-refractivity contribution in [1.82, 2.24) is 0 Å². The van der Waals surface area contributed by atoms with E-state index in [9.17, 15) is 14.9 Å². The summed E-state index contributed by atoms with van der Waals surface area (Å²) in [5.41, 5.74) is 1.77. The number of rotatable bonds is 4. The molecular weight excluding hydrogens is 256 g/mol. The van der Waals surface area contributed by atoms with Gasteiger partial charge >= 0.3 is 0 Å². The van der Waals surface area contributed by atoms with Crippen molar-refractivity contribution in [3.05, 3.63) is 69.8 Å². The van der Waals surface area contributed by atoms with Crippen LogP contribution in [-0.4, -0.2) is 10.8 Å². The van der Waals surface area contributed by atoms with E-state index in [1.54, 1.807) is 19.1 Å². The molecule has 0 bridgehead atoms. The molecule has 1 N–H and O–H groups in total. The average molecular weight is 270 g/mol. The molecule has 0 aliphatic rings. The van der Waals surface area contributed by atoms with Gasteiger partial charge < -0.3 is 5.32 Å². The monoisotopic (exact) mass is 270 g/mol. The molecule has 0 saturated carbocycles. The van der Waals surface area contributed by atoms with Crippen LogP contribution in [0.1, 0.15) is 11.1 Å². The lowest BCUT2D eigenvalue weighted by atomic mass is 10.1. The third kappa shape index (κ3) is 3.41. The lowest BCUT2D eigenvalue weighted by Gasteiger charge is -2.06. The van der Waals surface area contributed by atoms with Crippen LogP contribution in [0.2, 0.25) is 0 Å². The number of hydrogen-bond acceptors (Lipinski definition) is 3. The number of carbonyl (C=O) groups is 1. The average Bonchev–Trinajstić information content (AvgIpc) is 2.41. The van der Waals surface area contributed by atoms with E-state index in [1.807, 2.05) is 30.3 Å². The molecule has 5 heteroatoms. The molecule has 0 unspecified atom stereocenters. The van der Waals surface area contributed by atoms with Crippen LogP contribution in [0.3, 0.4) is 0 Å². The van der Waals surface area contributed by atoms with Crippen molar-refractivity contribution in [1.29, 1.82) is 0 Å². The normalized spacial score (nSPS) is 10.1. The first-order valence-corrected chi connectivity index (χ1v) is 6.15. The Kier molecular flexibility index (Phi) is 4.10. The van der Waals surface area contributed by atoms with Crippen molar-refractivity contribution in [2.45, 2.75) is 13.3 Å². The number of nitro benzene ring substituents is 1. The maximum atomic E-state index is 11.9. The molecule has 0 radical (unpaired) electrons. The Hall–Kier alpha value is -2.69. The molecule has 0 aromatic heterocycles. The fourth-order valence-electron chi connectivity index (χ4n) is 1.87. The van der Waals surface area contributed by atoms with Crippen molar-refractivity contribution in [3.63, 3.8) is 0 Å². The number of nitro groups is 1. The minimum Gasteiger partial charge on any atom is -0.320 e. The molecule has 0 atom stereocenters. The molecule has 0 heterocycles. The van der Waals surface area contributed by atoms with E-state index in [0.29, 0.717) is 0 Å². The molecule has 0 saturated heterocycles. The van der Waals surface area contributed by atoms with Gasteiger partial charge in [0.2, 0.25) is 5.91 Å². The smallest absolute Gasteiger partial charge is 0.293 e. The van der Waals surface area contributed by atoms with Gasteiger partial charge in [0.05, 0.1) is 11.3 Å². The highest BCUT2D eigenvalue weighted by Gasteiger charge is 2.15. The van der Waals surface area contributed by atoms with E-state index in [1.165, 1.54) is 6.07 Å². The third-order valence-corrected chi connectivity index (χ3v) is 2.83. The maximum Gasteiger partial charge on any atom is 0.293 e. The summed E-state index contributed by atoms with van der Waals surface area (Å²) >= 11 is 0. The van der Waals surface area contributed by atoms with Gasteiger partial charge in [0, 0.05) is 6.07 Å². The third-order valence-electron chi connectivity index (χ3n) is 2.83. The highest BCUT2D eigenvalue weighted by atomic mass is 16.6. The van der Waals surface area contributed by atoms with Crippen molar-refractivity contribution in [3.8, 4) is 0 Å². The number of nitrogens with zero attached hydrogens (tertiary/aromatic N) is 1. The molecule has 2 aromatic carbocycles. The Balaban J connectivity index is 2.14. The quantitative estimate of drug-likeness (QED) is 0.685. The molecular formula is C15H14N2O3. The van der Waals surface area contributed by atoms with Gasteiger partial charge in [-0.15, -0.1) is 0 Å². The number of benzene rings is 2. The molecule has 20 heavy (non-hydrogen) atoms. The number of nitrogens with one attached hydrogen (secondary N) is 1. The zero-order chi connectivity index (χ0) is 14.5. The minimum atomic E-state index is -0.495. The van der Waals surface area contributed by atoms with Gasteiger partial charge in [0.15, 0.2) is 0 Å². The summed E-state index contributed by atoms with van der Waals surface area (Å²) in [6.45, 7) is 1.77. The van der Waals surface area contributed by atoms with Crippen molar-refractivity contribution < 1.29 is 9.72 Å². The first-order valence-electron chi connectivity index (χ1n) is 6.15. The summed E-state index contributed by atoms with van der Waals surface area (Å²) < 4.78 is 0. The Morgan fingerprint density at radius 2 is 1.90 bits per heavy atom. The number of carbonyl (C=O) groups excluding carboxylic acids is 1. The highest BCUT2D eigenvalue weighted by molar-refractivity contribution is 5.94. The van der Waals surface area contributed by atoms with Crippen LogP contribution in [-0.2, 0) is 11.2 Å². The molecule has 0 fully saturated rings. The second-order valence-corrected chi connectivity index (χ2v) is 4.49. The molecule has 5 nitrogen and oxygen atoms in total. The van der Waals surface area contributed by atoms with Crippen molar-refractivity contribution >= 4 is 17.3 Å². The van der Waals surface area contributed by atoms with E-state index < -0.39 is 4.92 Å². The summed E-state index contributed by atoms with van der Waals surface area (Å²) in [4.78, 5) is 22.4. The van der Waals surface area contributed by atoms with Crippen LogP contribution < -0.4 is 5.32 Å². The molecule has 0 aliphatic carbocycles. The fourth-order valence-corrected chi connectivity index (χ4v) is 1.87. The second-order valence-electron chi connectivity index (χ2n) is 4.49. The molecule has 2 rings (SSSR count). The van der Waals surface area contributed by atoms with Gasteiger partial charge in [-0.25, -0.2) is 0 Å². The predicted molar refractivity (Wildman–Crippen MR) is 76.6 cm³/mol. The summed E-state index contributed by atoms with van der Waals surface area (Å²) in [7, 11) is 0. The van der Waals surface area contributed by atoms with Crippen molar-refractivity contribution in [2.75, 3.05) is 5.32 Å². The van der Waals surface area contributed by atoms with Crippen LogP contribution in [0.15, 0.2) is 48.5 Å². The van der Waals surface area contributed by atoms with Gasteiger partial charge in [0.1, 0.15) is 5.69 Å². The largest absolute Gasteiger partial charge is 0.320 e. The van der Waals surface area contributed by atoms with Gasteiger partial charge in [-0.05, 0) is 24.1 Å². The fraction of sp³-hybridized carbons (Fsp3) is 0.133. The number of hydrogen-bond donors (Lipinski definition) is 1.